The molecule has 12 heteroatoms. The normalized spacial score (nSPS) is 11.6. The summed E-state index contributed by atoms with van der Waals surface area (Å²) in [5.41, 5.74) is 7.15. The van der Waals surface area contributed by atoms with E-state index in [4.69, 9.17) is 9.57 Å². The molecule has 0 amide bonds. The number of aryl methyl sites for hydroxylation is 1. The number of hydroxylamine groups is 1. The van der Waals surface area contributed by atoms with Gasteiger partial charge in [0, 0.05) is 25.2 Å². The van der Waals surface area contributed by atoms with Crippen LogP contribution in [-0.4, -0.2) is 43.3 Å². The molecule has 0 saturated heterocycles. The van der Waals surface area contributed by atoms with E-state index < -0.39 is 15.6 Å². The number of thiazole rings is 1. The van der Waals surface area contributed by atoms with Crippen molar-refractivity contribution in [3.63, 3.8) is 0 Å². The van der Waals surface area contributed by atoms with E-state index in [1.54, 1.807) is 36.4 Å². The van der Waals surface area contributed by atoms with E-state index in [1.165, 1.54) is 17.8 Å². The zero-order chi connectivity index (χ0) is 40.7. The first-order valence-electron chi connectivity index (χ1n) is 18.5. The highest BCUT2D eigenvalue weighted by molar-refractivity contribution is 7.92. The number of hydrogen-bond donors (Lipinski definition) is 2. The van der Waals surface area contributed by atoms with Crippen LogP contribution in [0.5, 0.6) is 11.6 Å². The maximum absolute atomic E-state index is 14.0. The lowest BCUT2D eigenvalue weighted by atomic mass is 9.76. The van der Waals surface area contributed by atoms with Crippen LogP contribution in [0.3, 0.4) is 0 Å². The van der Waals surface area contributed by atoms with Crippen LogP contribution in [0.2, 0.25) is 0 Å². The van der Waals surface area contributed by atoms with Gasteiger partial charge in [-0.2, -0.15) is 0 Å². The Morgan fingerprint density at radius 2 is 1.38 bits per heavy atom. The summed E-state index contributed by atoms with van der Waals surface area (Å²) >= 11 is 1.04. The Kier molecular flexibility index (Phi) is 11.9. The summed E-state index contributed by atoms with van der Waals surface area (Å²) in [6, 6.07) is 46.8. The molecule has 2 heterocycles. The molecule has 0 fully saturated rings. The summed E-state index contributed by atoms with van der Waals surface area (Å²) in [5, 5.41) is 11.9. The van der Waals surface area contributed by atoms with Crippen molar-refractivity contribution in [2.24, 2.45) is 0 Å². The minimum atomic E-state index is -3.76. The molecule has 0 atom stereocenters. The zero-order valence-electron chi connectivity index (χ0n) is 32.0. The number of anilines is 1. The van der Waals surface area contributed by atoms with Crippen LogP contribution in [0, 0.1) is 6.92 Å². The smallest absolute Gasteiger partial charge is 0.311 e. The standard InChI is InChI=1S/C46H42N4O6S2/c1-33-19-26-41(27-20-33)58(53,54)49(3)43-28-23-36(32-47-43)34(2)48-56-30-29-55-40-24-21-35(22-25-40)31-42-44(51)50(45(52)57-42)46(37-13-7-4-8-14-37,38-15-9-5-10-16-38)39-17-11-6-12-18-39/h4-28,32,48,51H,2,29-31H2,1,3H3. The minimum absolute atomic E-state index is 0.0803. The molecule has 0 aliphatic heterocycles. The van der Waals surface area contributed by atoms with Gasteiger partial charge >= 0.3 is 4.87 Å². The number of rotatable bonds is 16. The van der Waals surface area contributed by atoms with Crippen molar-refractivity contribution in [3.05, 3.63) is 212 Å². The highest BCUT2D eigenvalue weighted by Gasteiger charge is 2.42. The Morgan fingerprint density at radius 3 is 1.91 bits per heavy atom. The zero-order valence-corrected chi connectivity index (χ0v) is 33.6. The number of nitrogens with zero attached hydrogens (tertiary/aromatic N) is 3. The molecule has 7 aromatic rings. The molecule has 0 bridgehead atoms. The van der Waals surface area contributed by atoms with E-state index >= 15 is 0 Å². The molecule has 294 valence electrons. The van der Waals surface area contributed by atoms with E-state index in [-0.39, 0.29) is 34.7 Å². The van der Waals surface area contributed by atoms with Crippen LogP contribution in [0.15, 0.2) is 174 Å². The largest absolute Gasteiger partial charge is 0.494 e. The Hall–Kier alpha value is -6.47. The van der Waals surface area contributed by atoms with E-state index in [9.17, 15) is 18.3 Å². The third-order valence-corrected chi connectivity index (χ3v) is 12.5. The van der Waals surface area contributed by atoms with Gasteiger partial charge in [0.05, 0.1) is 15.5 Å². The average molecular weight is 811 g/mol. The summed E-state index contributed by atoms with van der Waals surface area (Å²) in [4.78, 5) is 24.4. The van der Waals surface area contributed by atoms with Gasteiger partial charge in [-0.3, -0.25) is 24.0 Å². The van der Waals surface area contributed by atoms with E-state index in [2.05, 4.69) is 17.0 Å². The second-order valence-corrected chi connectivity index (χ2v) is 16.6. The SMILES string of the molecule is C=C(NOCCOc1ccc(Cc2sc(=O)n(C(c3ccccc3)(c3ccccc3)c3ccccc3)c2O)cc1)c1ccc(N(C)S(=O)(=O)c2ccc(C)cc2)nc1. The maximum Gasteiger partial charge on any atom is 0.311 e. The summed E-state index contributed by atoms with van der Waals surface area (Å²) < 4.78 is 34.6. The molecule has 5 aromatic carbocycles. The Morgan fingerprint density at radius 1 is 0.810 bits per heavy atom. The topological polar surface area (TPSA) is 123 Å². The molecule has 10 nitrogen and oxygen atoms in total. The number of nitrogens with one attached hydrogen (secondary N) is 1. The van der Waals surface area contributed by atoms with Gasteiger partial charge in [-0.25, -0.2) is 13.4 Å². The Bertz CT molecular complexity index is 2540. The van der Waals surface area contributed by atoms with Crippen LogP contribution in [0.4, 0.5) is 5.82 Å². The van der Waals surface area contributed by atoms with E-state index in [0.717, 1.165) is 43.5 Å². The molecule has 2 N–H and O–H groups in total. The fourth-order valence-electron chi connectivity index (χ4n) is 6.77. The lowest BCUT2D eigenvalue weighted by Crippen LogP contribution is -2.42. The van der Waals surface area contributed by atoms with Gasteiger partial charge in [0.2, 0.25) is 5.88 Å². The van der Waals surface area contributed by atoms with E-state index in [0.29, 0.717) is 28.3 Å². The molecular weight excluding hydrogens is 769 g/mol. The summed E-state index contributed by atoms with van der Waals surface area (Å²) in [6.45, 7) is 6.33. The lowest BCUT2D eigenvalue weighted by Gasteiger charge is -2.37. The van der Waals surface area contributed by atoms with Gasteiger partial charge in [-0.1, -0.05) is 139 Å². The van der Waals surface area contributed by atoms with Crippen LogP contribution >= 0.6 is 11.3 Å². The average Bonchev–Trinajstić information content (AvgIpc) is 3.54. The molecule has 0 radical (unpaired) electrons. The number of benzene rings is 5. The summed E-state index contributed by atoms with van der Waals surface area (Å²) in [5.74, 6) is 0.810. The predicted molar refractivity (Wildman–Crippen MR) is 229 cm³/mol. The van der Waals surface area contributed by atoms with Crippen molar-refractivity contribution in [2.45, 2.75) is 23.8 Å². The van der Waals surface area contributed by atoms with E-state index in [1.807, 2.05) is 122 Å². The predicted octanol–water partition coefficient (Wildman–Crippen LogP) is 8.15. The van der Waals surface area contributed by atoms with Gasteiger partial charge in [-0.05, 0) is 65.6 Å². The summed E-state index contributed by atoms with van der Waals surface area (Å²) in [7, 11) is -2.30. The molecule has 7 rings (SSSR count). The highest BCUT2D eigenvalue weighted by atomic mass is 32.2. The molecule has 0 aliphatic rings. The quantitative estimate of drug-likeness (QED) is 0.0570. The number of hydrogen-bond acceptors (Lipinski definition) is 9. The first kappa shape index (κ1) is 39.8. The highest BCUT2D eigenvalue weighted by Crippen LogP contribution is 2.43. The van der Waals surface area contributed by atoms with Gasteiger partial charge < -0.3 is 9.84 Å². The second-order valence-electron chi connectivity index (χ2n) is 13.5. The third-order valence-electron chi connectivity index (χ3n) is 9.80. The Balaban J connectivity index is 0.969. The molecule has 0 aliphatic carbocycles. The molecule has 58 heavy (non-hydrogen) atoms. The summed E-state index contributed by atoms with van der Waals surface area (Å²) in [6.07, 6.45) is 1.87. The molecule has 0 unspecified atom stereocenters. The Labute approximate surface area is 342 Å². The van der Waals surface area contributed by atoms with Gasteiger partial charge in [0.25, 0.3) is 10.0 Å². The van der Waals surface area contributed by atoms with Crippen molar-refractivity contribution in [1.29, 1.82) is 0 Å². The number of aromatic hydroxyl groups is 1. The fraction of sp³-hybridized carbons (Fsp3) is 0.130. The van der Waals surface area contributed by atoms with Crippen LogP contribution in [0.25, 0.3) is 5.70 Å². The monoisotopic (exact) mass is 810 g/mol. The third kappa shape index (κ3) is 8.16. The molecule has 2 aromatic heterocycles. The molecular formula is C46H42N4O6S2. The van der Waals surface area contributed by atoms with Crippen molar-refractivity contribution < 1.29 is 23.1 Å². The van der Waals surface area contributed by atoms with Crippen LogP contribution in [0.1, 0.15) is 38.3 Å². The molecule has 0 saturated carbocycles. The number of pyridine rings is 1. The van der Waals surface area contributed by atoms with Crippen LogP contribution in [-0.2, 0) is 26.8 Å². The first-order valence-corrected chi connectivity index (χ1v) is 20.8. The van der Waals surface area contributed by atoms with Crippen molar-refractivity contribution in [1.82, 2.24) is 15.0 Å². The van der Waals surface area contributed by atoms with Crippen molar-refractivity contribution >= 4 is 32.9 Å². The lowest BCUT2D eigenvalue weighted by molar-refractivity contribution is 0.0541. The van der Waals surface area contributed by atoms with Gasteiger partial charge in [0.15, 0.2) is 0 Å². The second kappa shape index (κ2) is 17.3. The first-order chi connectivity index (χ1) is 28.1. The number of ether oxygens (including phenoxy) is 1. The maximum atomic E-state index is 14.0. The van der Waals surface area contributed by atoms with Gasteiger partial charge in [0.1, 0.15) is 30.3 Å². The number of aromatic nitrogens is 2. The van der Waals surface area contributed by atoms with Crippen molar-refractivity contribution in [3.8, 4) is 11.6 Å². The van der Waals surface area contributed by atoms with Gasteiger partial charge in [-0.15, -0.1) is 0 Å². The fourth-order valence-corrected chi connectivity index (χ4v) is 8.87. The minimum Gasteiger partial charge on any atom is -0.494 e. The molecule has 0 spiro atoms. The van der Waals surface area contributed by atoms with Crippen molar-refractivity contribution in [2.75, 3.05) is 24.6 Å². The number of sulfonamides is 1. The van der Waals surface area contributed by atoms with Crippen LogP contribution < -0.4 is 19.4 Å².